The molecule has 1 aromatic carbocycles. The predicted molar refractivity (Wildman–Crippen MR) is 97.9 cm³/mol. The SMILES string of the molecule is NC(=O)c1ccc(-c2ccc(C(=O)NCCN3CCOCC3)s2)cc1. The van der Waals surface area contributed by atoms with E-state index in [0.717, 1.165) is 43.3 Å². The minimum absolute atomic E-state index is 0.0572. The number of primary amides is 1. The molecule has 7 heteroatoms. The van der Waals surface area contributed by atoms with Gasteiger partial charge in [0.15, 0.2) is 0 Å². The lowest BCUT2D eigenvalue weighted by Gasteiger charge is -2.26. The van der Waals surface area contributed by atoms with Crippen LogP contribution in [-0.2, 0) is 4.74 Å². The zero-order chi connectivity index (χ0) is 17.6. The van der Waals surface area contributed by atoms with Crippen molar-refractivity contribution in [3.05, 3.63) is 46.8 Å². The topological polar surface area (TPSA) is 84.7 Å². The molecule has 1 aromatic heterocycles. The summed E-state index contributed by atoms with van der Waals surface area (Å²) >= 11 is 1.43. The van der Waals surface area contributed by atoms with Crippen LogP contribution < -0.4 is 11.1 Å². The maximum absolute atomic E-state index is 12.3. The number of hydrogen-bond acceptors (Lipinski definition) is 5. The van der Waals surface area contributed by atoms with Crippen LogP contribution in [0.4, 0.5) is 0 Å². The van der Waals surface area contributed by atoms with Gasteiger partial charge in [0.2, 0.25) is 5.91 Å². The Balaban J connectivity index is 1.54. The van der Waals surface area contributed by atoms with Gasteiger partial charge in [-0.1, -0.05) is 12.1 Å². The lowest BCUT2D eigenvalue weighted by Crippen LogP contribution is -2.41. The number of ether oxygens (including phenoxy) is 1. The molecule has 0 saturated carbocycles. The minimum Gasteiger partial charge on any atom is -0.379 e. The van der Waals surface area contributed by atoms with Gasteiger partial charge in [0.1, 0.15) is 0 Å². The Labute approximate surface area is 150 Å². The number of amides is 2. The summed E-state index contributed by atoms with van der Waals surface area (Å²) < 4.78 is 5.31. The molecule has 25 heavy (non-hydrogen) atoms. The van der Waals surface area contributed by atoms with Crippen LogP contribution in [0.15, 0.2) is 36.4 Å². The Bertz CT molecular complexity index is 736. The molecule has 0 spiro atoms. The van der Waals surface area contributed by atoms with Crippen LogP contribution in [0, 0.1) is 0 Å². The lowest BCUT2D eigenvalue weighted by atomic mass is 10.1. The van der Waals surface area contributed by atoms with Crippen molar-refractivity contribution >= 4 is 23.2 Å². The van der Waals surface area contributed by atoms with Crippen LogP contribution in [0.1, 0.15) is 20.0 Å². The fourth-order valence-corrected chi connectivity index (χ4v) is 3.58. The first-order chi connectivity index (χ1) is 12.1. The molecule has 0 aliphatic carbocycles. The van der Waals surface area contributed by atoms with Crippen LogP contribution in [0.2, 0.25) is 0 Å². The Morgan fingerprint density at radius 2 is 1.84 bits per heavy atom. The zero-order valence-corrected chi connectivity index (χ0v) is 14.7. The number of carbonyl (C=O) groups is 2. The molecule has 1 fully saturated rings. The summed E-state index contributed by atoms with van der Waals surface area (Å²) in [5.41, 5.74) is 6.68. The van der Waals surface area contributed by atoms with E-state index in [-0.39, 0.29) is 5.91 Å². The molecule has 6 nitrogen and oxygen atoms in total. The molecule has 3 N–H and O–H groups in total. The van der Waals surface area contributed by atoms with Crippen molar-refractivity contribution in [3.8, 4) is 10.4 Å². The predicted octanol–water partition coefficient (Wildman–Crippen LogP) is 1.58. The first-order valence-corrected chi connectivity index (χ1v) is 9.03. The van der Waals surface area contributed by atoms with Crippen LogP contribution in [-0.4, -0.2) is 56.1 Å². The van der Waals surface area contributed by atoms with Gasteiger partial charge in [-0.3, -0.25) is 14.5 Å². The highest BCUT2D eigenvalue weighted by Gasteiger charge is 2.13. The second-order valence-electron chi connectivity index (χ2n) is 5.82. The molecule has 0 radical (unpaired) electrons. The molecule has 1 aliphatic rings. The standard InChI is InChI=1S/C18H21N3O3S/c19-17(22)14-3-1-13(2-4-14)15-5-6-16(25-15)18(23)20-7-8-21-9-11-24-12-10-21/h1-6H,7-12H2,(H2,19,22)(H,20,23). The van der Waals surface area contributed by atoms with Crippen LogP contribution in [0.3, 0.4) is 0 Å². The number of nitrogens with one attached hydrogen (secondary N) is 1. The molecule has 3 rings (SSSR count). The zero-order valence-electron chi connectivity index (χ0n) is 13.9. The summed E-state index contributed by atoms with van der Waals surface area (Å²) in [5.74, 6) is -0.503. The summed E-state index contributed by atoms with van der Waals surface area (Å²) in [6.45, 7) is 4.81. The molecule has 1 aliphatic heterocycles. The fourth-order valence-electron chi connectivity index (χ4n) is 2.65. The van der Waals surface area contributed by atoms with Gasteiger partial charge in [-0.05, 0) is 29.8 Å². The number of hydrogen-bond donors (Lipinski definition) is 2. The van der Waals surface area contributed by atoms with Gasteiger partial charge in [0.25, 0.3) is 5.91 Å². The molecular weight excluding hydrogens is 338 g/mol. The van der Waals surface area contributed by atoms with Crippen molar-refractivity contribution in [2.24, 2.45) is 5.73 Å². The second-order valence-corrected chi connectivity index (χ2v) is 6.90. The first kappa shape index (κ1) is 17.6. The smallest absolute Gasteiger partial charge is 0.261 e. The molecule has 132 valence electrons. The van der Waals surface area contributed by atoms with Crippen molar-refractivity contribution in [1.29, 1.82) is 0 Å². The number of nitrogens with zero attached hydrogens (tertiary/aromatic N) is 1. The number of morpholine rings is 1. The van der Waals surface area contributed by atoms with Crippen molar-refractivity contribution in [3.63, 3.8) is 0 Å². The molecule has 2 amide bonds. The third kappa shape index (κ3) is 4.66. The molecule has 0 atom stereocenters. The first-order valence-electron chi connectivity index (χ1n) is 8.22. The van der Waals surface area contributed by atoms with E-state index >= 15 is 0 Å². The molecule has 0 unspecified atom stereocenters. The third-order valence-corrected chi connectivity index (χ3v) is 5.23. The monoisotopic (exact) mass is 359 g/mol. The molecule has 2 heterocycles. The van der Waals surface area contributed by atoms with Gasteiger partial charge in [-0.15, -0.1) is 11.3 Å². The maximum Gasteiger partial charge on any atom is 0.261 e. The van der Waals surface area contributed by atoms with E-state index < -0.39 is 5.91 Å². The van der Waals surface area contributed by atoms with E-state index in [1.165, 1.54) is 11.3 Å². The third-order valence-electron chi connectivity index (χ3n) is 4.10. The largest absolute Gasteiger partial charge is 0.379 e. The summed E-state index contributed by atoms with van der Waals surface area (Å²) in [6, 6.07) is 10.8. The lowest BCUT2D eigenvalue weighted by molar-refractivity contribution is 0.0383. The highest BCUT2D eigenvalue weighted by Crippen LogP contribution is 2.28. The number of nitrogens with two attached hydrogens (primary N) is 1. The van der Waals surface area contributed by atoms with Gasteiger partial charge in [-0.25, -0.2) is 0 Å². The number of benzene rings is 1. The van der Waals surface area contributed by atoms with Gasteiger partial charge in [0.05, 0.1) is 18.1 Å². The van der Waals surface area contributed by atoms with E-state index in [9.17, 15) is 9.59 Å². The highest BCUT2D eigenvalue weighted by molar-refractivity contribution is 7.17. The second kappa shape index (κ2) is 8.24. The van der Waals surface area contributed by atoms with Crippen LogP contribution in [0.25, 0.3) is 10.4 Å². The quantitative estimate of drug-likeness (QED) is 0.820. The van der Waals surface area contributed by atoms with Crippen LogP contribution in [0.5, 0.6) is 0 Å². The van der Waals surface area contributed by atoms with Crippen molar-refractivity contribution in [1.82, 2.24) is 10.2 Å². The van der Waals surface area contributed by atoms with Crippen molar-refractivity contribution in [2.45, 2.75) is 0 Å². The van der Waals surface area contributed by atoms with E-state index in [1.54, 1.807) is 12.1 Å². The van der Waals surface area contributed by atoms with Gasteiger partial charge in [-0.2, -0.15) is 0 Å². The van der Waals surface area contributed by atoms with E-state index in [4.69, 9.17) is 10.5 Å². The van der Waals surface area contributed by atoms with Gasteiger partial charge < -0.3 is 15.8 Å². The van der Waals surface area contributed by atoms with Crippen LogP contribution >= 0.6 is 11.3 Å². The normalized spacial score (nSPS) is 15.0. The molecule has 0 bridgehead atoms. The van der Waals surface area contributed by atoms with E-state index in [1.807, 2.05) is 24.3 Å². The number of carbonyl (C=O) groups excluding carboxylic acids is 2. The van der Waals surface area contributed by atoms with Crippen molar-refractivity contribution in [2.75, 3.05) is 39.4 Å². The minimum atomic E-state index is -0.446. The van der Waals surface area contributed by atoms with E-state index in [0.29, 0.717) is 17.0 Å². The Kier molecular flexibility index (Phi) is 5.80. The molecule has 2 aromatic rings. The number of thiophene rings is 1. The molecular formula is C18H21N3O3S. The Morgan fingerprint density at radius 1 is 1.12 bits per heavy atom. The van der Waals surface area contributed by atoms with E-state index in [2.05, 4.69) is 10.2 Å². The van der Waals surface area contributed by atoms with Crippen molar-refractivity contribution < 1.29 is 14.3 Å². The fraction of sp³-hybridized carbons (Fsp3) is 0.333. The Morgan fingerprint density at radius 3 is 2.52 bits per heavy atom. The van der Waals surface area contributed by atoms with Gasteiger partial charge in [0, 0.05) is 36.6 Å². The summed E-state index contributed by atoms with van der Waals surface area (Å²) in [5, 5.41) is 2.96. The highest BCUT2D eigenvalue weighted by atomic mass is 32.1. The van der Waals surface area contributed by atoms with Gasteiger partial charge >= 0.3 is 0 Å². The average Bonchev–Trinajstić information content (AvgIpc) is 3.13. The average molecular weight is 359 g/mol. The summed E-state index contributed by atoms with van der Waals surface area (Å²) in [4.78, 5) is 27.3. The Hall–Kier alpha value is -2.22. The summed E-state index contributed by atoms with van der Waals surface area (Å²) in [6.07, 6.45) is 0. The molecule has 1 saturated heterocycles. The summed E-state index contributed by atoms with van der Waals surface area (Å²) in [7, 11) is 0. The maximum atomic E-state index is 12.3. The number of rotatable bonds is 6.